The summed E-state index contributed by atoms with van der Waals surface area (Å²) >= 11 is 3.87. The van der Waals surface area contributed by atoms with E-state index < -0.39 is 0 Å². The minimum atomic E-state index is 0.00455. The number of hydrogen-bond donors (Lipinski definition) is 0. The van der Waals surface area contributed by atoms with Crippen molar-refractivity contribution in [3.8, 4) is 22.3 Å². The first-order valence-electron chi connectivity index (χ1n) is 21.4. The number of anilines is 2. The van der Waals surface area contributed by atoms with E-state index in [9.17, 15) is 0 Å². The highest BCUT2D eigenvalue weighted by molar-refractivity contribution is 7.26. The molecule has 2 aliphatic heterocycles. The van der Waals surface area contributed by atoms with Gasteiger partial charge in [0.25, 0.3) is 0 Å². The zero-order valence-corrected chi connectivity index (χ0v) is 36.0. The molecule has 0 atom stereocenters. The Bertz CT molecular complexity index is 3590. The fourth-order valence-corrected chi connectivity index (χ4v) is 13.0. The second kappa shape index (κ2) is 13.1. The average Bonchev–Trinajstić information content (AvgIpc) is 3.96. The normalized spacial score (nSPS) is 13.2. The van der Waals surface area contributed by atoms with Crippen LogP contribution in [0.5, 0.6) is 0 Å². The fraction of sp³-hybridized carbons (Fsp3) is 0.107. The first kappa shape index (κ1) is 35.4. The van der Waals surface area contributed by atoms with E-state index in [1.807, 2.05) is 22.7 Å². The second-order valence-electron chi connectivity index (χ2n) is 18.0. The number of rotatable bonds is 5. The highest BCUT2D eigenvalue weighted by atomic mass is 32.1. The molecule has 61 heavy (non-hydrogen) atoms. The maximum absolute atomic E-state index is 2.75. The van der Waals surface area contributed by atoms with Crippen LogP contribution in [0.25, 0.3) is 73.6 Å². The van der Waals surface area contributed by atoms with Gasteiger partial charge in [0, 0.05) is 70.0 Å². The Labute approximate surface area is 364 Å². The van der Waals surface area contributed by atoms with Crippen LogP contribution >= 0.6 is 22.7 Å². The van der Waals surface area contributed by atoms with Crippen LogP contribution in [0.1, 0.15) is 43.0 Å². The zero-order chi connectivity index (χ0) is 40.6. The van der Waals surface area contributed by atoms with Crippen LogP contribution in [0, 0.1) is 0 Å². The van der Waals surface area contributed by atoms with E-state index in [0.717, 1.165) is 13.0 Å². The first-order chi connectivity index (χ1) is 29.9. The van der Waals surface area contributed by atoms with E-state index in [1.54, 1.807) is 0 Å². The molecule has 2 aliphatic rings. The molecule has 13 rings (SSSR count). The molecule has 0 unspecified atom stereocenters. The summed E-state index contributed by atoms with van der Waals surface area (Å²) in [6, 6.07) is 64.4. The lowest BCUT2D eigenvalue weighted by Crippen LogP contribution is -2.57. The van der Waals surface area contributed by atoms with Gasteiger partial charge in [0.2, 0.25) is 0 Å². The molecule has 0 saturated carbocycles. The van der Waals surface area contributed by atoms with Gasteiger partial charge in [0.1, 0.15) is 0 Å². The molecule has 8 aromatic carbocycles. The monoisotopic (exact) mass is 816 g/mol. The molecule has 0 aliphatic carbocycles. The molecule has 11 aromatic rings. The van der Waals surface area contributed by atoms with Crippen LogP contribution in [0.3, 0.4) is 0 Å². The van der Waals surface area contributed by atoms with Crippen molar-refractivity contribution in [2.75, 3.05) is 4.90 Å². The molecule has 0 N–H and O–H groups in total. The van der Waals surface area contributed by atoms with Gasteiger partial charge < -0.3 is 9.38 Å². The predicted molar refractivity (Wildman–Crippen MR) is 266 cm³/mol. The topological polar surface area (TPSA) is 8.17 Å². The van der Waals surface area contributed by atoms with Crippen molar-refractivity contribution in [1.29, 1.82) is 0 Å². The Morgan fingerprint density at radius 2 is 1.25 bits per heavy atom. The summed E-state index contributed by atoms with van der Waals surface area (Å²) in [6.45, 7) is 7.71. The molecule has 3 aromatic heterocycles. The van der Waals surface area contributed by atoms with Gasteiger partial charge in [-0.2, -0.15) is 0 Å². The van der Waals surface area contributed by atoms with Gasteiger partial charge in [0.15, 0.2) is 0 Å². The zero-order valence-electron chi connectivity index (χ0n) is 34.4. The largest absolute Gasteiger partial charge is 0.367 e. The van der Waals surface area contributed by atoms with Crippen LogP contribution in [0.2, 0.25) is 0 Å². The Hall–Kier alpha value is -6.40. The van der Waals surface area contributed by atoms with Crippen LogP contribution < -0.4 is 15.8 Å². The average molecular weight is 817 g/mol. The van der Waals surface area contributed by atoms with Crippen molar-refractivity contribution >= 4 is 103 Å². The van der Waals surface area contributed by atoms with Crippen molar-refractivity contribution in [3.63, 3.8) is 0 Å². The molecule has 5 heterocycles. The van der Waals surface area contributed by atoms with E-state index in [4.69, 9.17) is 0 Å². The summed E-state index contributed by atoms with van der Waals surface area (Å²) in [5.74, 6) is 0. The molecule has 0 saturated heterocycles. The summed E-state index contributed by atoms with van der Waals surface area (Å²) < 4.78 is 6.76. The summed E-state index contributed by atoms with van der Waals surface area (Å²) in [6.07, 6.45) is 0.865. The van der Waals surface area contributed by atoms with Gasteiger partial charge in [0.05, 0.1) is 4.83 Å². The van der Waals surface area contributed by atoms with Gasteiger partial charge in [-0.3, -0.25) is 0 Å². The maximum atomic E-state index is 2.75. The van der Waals surface area contributed by atoms with Crippen molar-refractivity contribution in [3.05, 3.63) is 192 Å². The fourth-order valence-electron chi connectivity index (χ4n) is 10.7. The van der Waals surface area contributed by atoms with E-state index >= 15 is 0 Å². The minimum absolute atomic E-state index is 0.00455. The standard InChI is InChI=1S/C56H41BN2S2/c1-56(2,3)38-26-25-37(43(32-38)36-17-8-5-9-18-36)33-58-46-31-35(29-34-15-6-4-7-16-34)30-44-39-21-14-22-42-50-40-19-10-13-24-48(40)61-55(50)59(53(39)42)57(52(44)46)45-27-28-49-51(54(45)58)41-20-11-12-23-47(41)60-49/h4-28,30-32H,29,33H2,1-3H3. The van der Waals surface area contributed by atoms with Gasteiger partial charge in [-0.05, 0) is 86.0 Å². The number of fused-ring (bicyclic) bond motifs is 13. The maximum Gasteiger partial charge on any atom is 0.333 e. The Morgan fingerprint density at radius 3 is 2.03 bits per heavy atom. The molecule has 2 nitrogen and oxygen atoms in total. The number of thiophene rings is 2. The van der Waals surface area contributed by atoms with Crippen LogP contribution in [0.15, 0.2) is 170 Å². The van der Waals surface area contributed by atoms with Crippen molar-refractivity contribution in [1.82, 2.24) is 4.48 Å². The first-order valence-corrected chi connectivity index (χ1v) is 23.1. The molecule has 0 bridgehead atoms. The summed E-state index contributed by atoms with van der Waals surface area (Å²) in [7, 11) is 0. The van der Waals surface area contributed by atoms with E-state index in [0.29, 0.717) is 0 Å². The third kappa shape index (κ3) is 5.21. The number of benzene rings is 8. The van der Waals surface area contributed by atoms with Gasteiger partial charge in [-0.15, -0.1) is 22.7 Å². The smallest absolute Gasteiger partial charge is 0.333 e. The number of para-hydroxylation sites is 1. The molecule has 5 heteroatoms. The Balaban J connectivity index is 1.16. The quantitative estimate of drug-likeness (QED) is 0.157. The van der Waals surface area contributed by atoms with Crippen LogP contribution in [-0.2, 0) is 18.4 Å². The number of nitrogens with zero attached hydrogens (tertiary/aromatic N) is 2. The third-order valence-electron chi connectivity index (χ3n) is 13.4. The Kier molecular flexibility index (Phi) is 7.57. The molecular formula is C56H41BN2S2. The lowest BCUT2D eigenvalue weighted by Gasteiger charge is -2.41. The third-order valence-corrected chi connectivity index (χ3v) is 15.7. The molecule has 0 amide bonds. The summed E-state index contributed by atoms with van der Waals surface area (Å²) in [5, 5.41) is 6.78. The SMILES string of the molecule is CC(C)(C)c1ccc(CN2c3cc(Cc4ccccc4)cc4c3B(c3ccc5sc6ccccc6c5c32)n2c3sc5ccccc5c3c3cccc-4c32)c(-c2ccccc2)c1. The van der Waals surface area contributed by atoms with Gasteiger partial charge in [-0.1, -0.05) is 166 Å². The van der Waals surface area contributed by atoms with E-state index in [2.05, 4.69) is 200 Å². The lowest BCUT2D eigenvalue weighted by atomic mass is 9.45. The van der Waals surface area contributed by atoms with Crippen molar-refractivity contribution in [2.24, 2.45) is 0 Å². The summed E-state index contributed by atoms with van der Waals surface area (Å²) in [4.78, 5) is 4.09. The summed E-state index contributed by atoms with van der Waals surface area (Å²) in [5.41, 5.74) is 17.4. The van der Waals surface area contributed by atoms with Crippen molar-refractivity contribution in [2.45, 2.75) is 39.2 Å². The molecule has 0 radical (unpaired) electrons. The van der Waals surface area contributed by atoms with Gasteiger partial charge in [-0.25, -0.2) is 0 Å². The highest BCUT2D eigenvalue weighted by Gasteiger charge is 2.44. The molecule has 0 fully saturated rings. The predicted octanol–water partition coefficient (Wildman–Crippen LogP) is 14.2. The Morgan fingerprint density at radius 1 is 0.541 bits per heavy atom. The minimum Gasteiger partial charge on any atom is -0.367 e. The van der Waals surface area contributed by atoms with Crippen molar-refractivity contribution < 1.29 is 0 Å². The van der Waals surface area contributed by atoms with Gasteiger partial charge >= 0.3 is 6.85 Å². The lowest BCUT2D eigenvalue weighted by molar-refractivity contribution is 0.590. The van der Waals surface area contributed by atoms with E-state index in [1.165, 1.54) is 118 Å². The second-order valence-corrected chi connectivity index (χ2v) is 20.2. The molecule has 290 valence electrons. The molecular weight excluding hydrogens is 776 g/mol. The van der Waals surface area contributed by atoms with Crippen LogP contribution in [-0.4, -0.2) is 11.3 Å². The highest BCUT2D eigenvalue weighted by Crippen LogP contribution is 2.50. The number of aromatic nitrogens is 1. The van der Waals surface area contributed by atoms with Crippen LogP contribution in [0.4, 0.5) is 11.4 Å². The molecule has 0 spiro atoms. The van der Waals surface area contributed by atoms with E-state index in [-0.39, 0.29) is 12.3 Å². The number of hydrogen-bond acceptors (Lipinski definition) is 3.